The van der Waals surface area contributed by atoms with Crippen molar-refractivity contribution in [2.24, 2.45) is 0 Å². The second kappa shape index (κ2) is 4.25. The highest BCUT2D eigenvalue weighted by Gasteiger charge is 1.93. The molecule has 0 unspecified atom stereocenters. The predicted molar refractivity (Wildman–Crippen MR) is 34.7 cm³/mol. The highest BCUT2D eigenvalue weighted by molar-refractivity contribution is 6.94. The van der Waals surface area contributed by atoms with Gasteiger partial charge < -0.3 is 0 Å². The van der Waals surface area contributed by atoms with Crippen LogP contribution >= 0.6 is 34.3 Å². The second-order valence-corrected chi connectivity index (χ2v) is 4.23. The monoisotopic (exact) mass is 162 g/mol. The third-order valence-corrected chi connectivity index (χ3v) is 2.95. The van der Waals surface area contributed by atoms with E-state index in [9.17, 15) is 0 Å². The number of hydrogen-bond donors (Lipinski definition) is 0. The molecule has 0 rings (SSSR count). The smallest absolute Gasteiger partial charge is 0.128 e. The van der Waals surface area contributed by atoms with E-state index in [1.165, 1.54) is 0 Å². The average Bonchev–Trinajstić information content (AvgIpc) is 1.35. The van der Waals surface area contributed by atoms with Crippen molar-refractivity contribution in [3.8, 4) is 0 Å². The molecule has 0 spiro atoms. The van der Waals surface area contributed by atoms with Crippen LogP contribution in [0.5, 0.6) is 0 Å². The first kappa shape index (κ1) is 7.09. The molecule has 0 atom stereocenters. The van der Waals surface area contributed by atoms with Gasteiger partial charge in [0.25, 0.3) is 0 Å². The normalized spacial score (nSPS) is 12.0. The molecule has 0 amide bonds. The van der Waals surface area contributed by atoms with Gasteiger partial charge in [0.15, 0.2) is 0 Å². The van der Waals surface area contributed by atoms with E-state index in [1.54, 1.807) is 0 Å². The zero-order valence-corrected chi connectivity index (χ0v) is 6.81. The molecule has 0 aromatic rings. The van der Waals surface area contributed by atoms with Gasteiger partial charge in [-0.25, -0.2) is 0 Å². The van der Waals surface area contributed by atoms with E-state index in [4.69, 9.17) is 34.3 Å². The van der Waals surface area contributed by atoms with Gasteiger partial charge in [-0.15, -0.1) is 23.2 Å². The molecular weight excluding hydrogens is 158 g/mol. The molecule has 0 saturated heterocycles. The van der Waals surface area contributed by atoms with Crippen LogP contribution in [0.3, 0.4) is 0 Å². The number of rotatable bonds is 2. The van der Waals surface area contributed by atoms with Crippen LogP contribution in [0.2, 0.25) is 6.04 Å². The molecule has 0 aromatic carbocycles. The average molecular weight is 164 g/mol. The van der Waals surface area contributed by atoms with E-state index in [-0.39, 0.29) is 4.84 Å². The van der Waals surface area contributed by atoms with Crippen molar-refractivity contribution in [3.05, 3.63) is 0 Å². The van der Waals surface area contributed by atoms with Crippen molar-refractivity contribution in [3.63, 3.8) is 0 Å². The molecule has 0 aliphatic carbocycles. The topological polar surface area (TPSA) is 0 Å². The first-order valence-corrected chi connectivity index (χ1v) is 5.62. The molecule has 0 bridgehead atoms. The number of hydrogen-bond acceptors (Lipinski definition) is 0. The number of alkyl halides is 2. The molecule has 38 valence electrons. The van der Waals surface area contributed by atoms with Crippen molar-refractivity contribution in [2.75, 3.05) is 0 Å². The Morgan fingerprint density at radius 2 is 2.00 bits per heavy atom. The van der Waals surface area contributed by atoms with E-state index in [2.05, 4.69) is 0 Å². The Kier molecular flexibility index (Phi) is 5.02. The Labute approximate surface area is 54.3 Å². The van der Waals surface area contributed by atoms with Crippen LogP contribution in [-0.4, -0.2) is 13.7 Å². The van der Waals surface area contributed by atoms with Crippen LogP contribution in [0.4, 0.5) is 0 Å². The summed E-state index contributed by atoms with van der Waals surface area (Å²) in [4.78, 5) is -0.228. The lowest BCUT2D eigenvalue weighted by Gasteiger charge is -1.88. The molecule has 0 saturated carbocycles. The third kappa shape index (κ3) is 5.09. The van der Waals surface area contributed by atoms with Crippen molar-refractivity contribution in [2.45, 2.75) is 10.9 Å². The van der Waals surface area contributed by atoms with E-state index in [0.717, 1.165) is 6.04 Å². The molecular formula is C2H5Cl3Si. The van der Waals surface area contributed by atoms with Crippen molar-refractivity contribution < 1.29 is 0 Å². The van der Waals surface area contributed by atoms with Gasteiger partial charge in [-0.1, -0.05) is 0 Å². The Hall–Kier alpha value is 1.09. The molecule has 0 radical (unpaired) electrons. The fraction of sp³-hybridized carbons (Fsp3) is 1.00. The van der Waals surface area contributed by atoms with Crippen LogP contribution < -0.4 is 0 Å². The van der Waals surface area contributed by atoms with Gasteiger partial charge in [0.2, 0.25) is 0 Å². The maximum atomic E-state index is 5.37. The van der Waals surface area contributed by atoms with Gasteiger partial charge in [-0.3, -0.25) is 0 Å². The van der Waals surface area contributed by atoms with Gasteiger partial charge >= 0.3 is 0 Å². The van der Waals surface area contributed by atoms with Crippen molar-refractivity contribution >= 4 is 43.1 Å². The summed E-state index contributed by atoms with van der Waals surface area (Å²) >= 11 is 16.0. The summed E-state index contributed by atoms with van der Waals surface area (Å²) in [6.45, 7) is 0. The maximum absolute atomic E-state index is 5.37. The van der Waals surface area contributed by atoms with E-state index in [1.807, 2.05) is 0 Å². The summed E-state index contributed by atoms with van der Waals surface area (Å²) in [6.07, 6.45) is 0. The fourth-order valence-electron chi connectivity index (χ4n) is 0.0825. The molecule has 0 aliphatic heterocycles. The summed E-state index contributed by atoms with van der Waals surface area (Å²) in [6, 6.07) is 0.810. The molecule has 0 heterocycles. The van der Waals surface area contributed by atoms with Crippen molar-refractivity contribution in [1.29, 1.82) is 0 Å². The molecule has 0 aromatic heterocycles. The summed E-state index contributed by atoms with van der Waals surface area (Å²) in [7, 11) is -0.425. The van der Waals surface area contributed by atoms with Crippen LogP contribution in [-0.2, 0) is 0 Å². The largest absolute Gasteiger partial charge is 0.176 e. The minimum atomic E-state index is -0.425. The zero-order chi connectivity index (χ0) is 4.99. The van der Waals surface area contributed by atoms with Crippen LogP contribution in [0.15, 0.2) is 0 Å². The van der Waals surface area contributed by atoms with Crippen LogP contribution in [0.1, 0.15) is 0 Å². The van der Waals surface area contributed by atoms with Gasteiger partial charge in [0.05, 0.1) is 0 Å². The second-order valence-electron chi connectivity index (χ2n) is 0.869. The highest BCUT2D eigenvalue weighted by Crippen LogP contribution is 2.06. The van der Waals surface area contributed by atoms with Crippen LogP contribution in [0.25, 0.3) is 0 Å². The Bertz CT molecular complexity index is 30.0. The Morgan fingerprint density at radius 1 is 1.50 bits per heavy atom. The standard InChI is InChI=1S/C2H5Cl3Si/c3-2(4)1-6-5/h2H,1,6H2. The summed E-state index contributed by atoms with van der Waals surface area (Å²) < 4.78 is 0. The minimum absolute atomic E-state index is 0.228. The van der Waals surface area contributed by atoms with Crippen molar-refractivity contribution in [1.82, 2.24) is 0 Å². The van der Waals surface area contributed by atoms with Gasteiger partial charge in [0.1, 0.15) is 13.7 Å². The van der Waals surface area contributed by atoms with Gasteiger partial charge in [-0.05, 0) is 6.04 Å². The molecule has 0 aliphatic rings. The van der Waals surface area contributed by atoms with E-state index >= 15 is 0 Å². The summed E-state index contributed by atoms with van der Waals surface area (Å²) in [5.41, 5.74) is 0. The fourth-order valence-corrected chi connectivity index (χ4v) is 2.23. The van der Waals surface area contributed by atoms with Gasteiger partial charge in [0, 0.05) is 0 Å². The minimum Gasteiger partial charge on any atom is -0.176 e. The van der Waals surface area contributed by atoms with E-state index in [0.29, 0.717) is 0 Å². The molecule has 0 N–H and O–H groups in total. The lowest BCUT2D eigenvalue weighted by molar-refractivity contribution is 1.37. The maximum Gasteiger partial charge on any atom is 0.128 e. The van der Waals surface area contributed by atoms with Crippen LogP contribution in [0, 0.1) is 0 Å². The number of halogens is 3. The lowest BCUT2D eigenvalue weighted by Crippen LogP contribution is -1.86. The predicted octanol–water partition coefficient (Wildman–Crippen LogP) is 1.53. The third-order valence-electron chi connectivity index (χ3n) is 0.327. The highest BCUT2D eigenvalue weighted by atomic mass is 35.6. The zero-order valence-electron chi connectivity index (χ0n) is 3.13. The Morgan fingerprint density at radius 3 is 2.00 bits per heavy atom. The molecule has 4 heteroatoms. The molecule has 6 heavy (non-hydrogen) atoms. The molecule has 0 nitrogen and oxygen atoms in total. The summed E-state index contributed by atoms with van der Waals surface area (Å²) in [5.74, 6) is 0. The first-order valence-electron chi connectivity index (χ1n) is 1.61. The van der Waals surface area contributed by atoms with E-state index < -0.39 is 8.83 Å². The van der Waals surface area contributed by atoms with Gasteiger partial charge in [-0.2, -0.15) is 11.1 Å². The lowest BCUT2D eigenvalue weighted by atomic mass is 10.9. The molecule has 0 fully saturated rings. The first-order chi connectivity index (χ1) is 2.77. The summed E-state index contributed by atoms with van der Waals surface area (Å²) in [5, 5.41) is 0. The Balaban J connectivity index is 2.63. The SMILES string of the molecule is Cl[SiH2]CC(Cl)Cl. The quantitative estimate of drug-likeness (QED) is 0.329.